The van der Waals surface area contributed by atoms with Gasteiger partial charge in [0.2, 0.25) is 0 Å². The maximum absolute atomic E-state index is 12.1. The number of ether oxygens (including phenoxy) is 2. The Morgan fingerprint density at radius 2 is 2.10 bits per heavy atom. The van der Waals surface area contributed by atoms with Gasteiger partial charge in [-0.1, -0.05) is 29.1 Å². The first-order valence-corrected chi connectivity index (χ1v) is 6.41. The Morgan fingerprint density at radius 1 is 1.33 bits per heavy atom. The molecule has 0 atom stereocenters. The lowest BCUT2D eigenvalue weighted by Gasteiger charge is -2.08. The molecule has 0 radical (unpaired) electrons. The van der Waals surface area contributed by atoms with Crippen molar-refractivity contribution in [2.75, 3.05) is 13.7 Å². The summed E-state index contributed by atoms with van der Waals surface area (Å²) in [7, 11) is 1.44. The maximum Gasteiger partial charge on any atom is 0.370 e. The third-order valence-electron chi connectivity index (χ3n) is 2.43. The summed E-state index contributed by atoms with van der Waals surface area (Å²) in [6.45, 7) is 0.0105. The lowest BCUT2D eigenvalue weighted by molar-refractivity contribution is 0.116. The number of aromatic nitrogens is 4. The van der Waals surface area contributed by atoms with Crippen LogP contribution in [-0.4, -0.2) is 33.5 Å². The fourth-order valence-electron chi connectivity index (χ4n) is 1.54. The van der Waals surface area contributed by atoms with E-state index in [4.69, 9.17) is 39.1 Å². The van der Waals surface area contributed by atoms with Crippen molar-refractivity contribution >= 4 is 23.2 Å². The minimum atomic E-state index is -0.510. The first-order chi connectivity index (χ1) is 10.1. The summed E-state index contributed by atoms with van der Waals surface area (Å²) >= 11 is 12.1. The van der Waals surface area contributed by atoms with Crippen molar-refractivity contribution in [3.05, 3.63) is 32.7 Å². The Bertz CT molecular complexity index is 748. The molecule has 110 valence electrons. The minimum absolute atomic E-state index is 0.0233. The number of tetrazole rings is 1. The third kappa shape index (κ3) is 3.19. The summed E-state index contributed by atoms with van der Waals surface area (Å²) in [5.41, 5.74) is -0.232. The Morgan fingerprint density at radius 3 is 2.76 bits per heavy atom. The number of terminal acetylenes is 1. The molecule has 0 spiro atoms. The van der Waals surface area contributed by atoms with E-state index < -0.39 is 5.69 Å². The summed E-state index contributed by atoms with van der Waals surface area (Å²) in [6, 6.07) is 2.90. The largest absolute Gasteiger partial charge is 0.479 e. The van der Waals surface area contributed by atoms with Gasteiger partial charge in [-0.25, -0.2) is 4.79 Å². The van der Waals surface area contributed by atoms with Gasteiger partial charge < -0.3 is 9.47 Å². The molecular formula is C12H10Cl2N4O3. The number of hydrogen-bond donors (Lipinski definition) is 0. The number of rotatable bonds is 5. The van der Waals surface area contributed by atoms with Crippen LogP contribution in [0.25, 0.3) is 5.69 Å². The van der Waals surface area contributed by atoms with Crippen molar-refractivity contribution in [3.8, 4) is 23.8 Å². The van der Waals surface area contributed by atoms with E-state index in [0.717, 1.165) is 9.36 Å². The Balaban J connectivity index is 2.49. The quantitative estimate of drug-likeness (QED) is 0.775. The topological polar surface area (TPSA) is 71.2 Å². The molecule has 0 unspecified atom stereocenters. The van der Waals surface area contributed by atoms with Crippen LogP contribution in [0.2, 0.25) is 10.0 Å². The molecule has 2 rings (SSSR count). The standard InChI is InChI=1S/C12H10Cl2N4O3/c1-3-4-21-11-6-10(8(13)5-9(11)14)18-12(19)17(7-20-2)15-16-18/h1,5-6H,4,7H2,2H3. The molecule has 2 aromatic rings. The SMILES string of the molecule is C#CCOc1cc(-n2nnn(COC)c2=O)c(Cl)cc1Cl. The molecule has 0 amide bonds. The fraction of sp³-hybridized carbons (Fsp3) is 0.250. The lowest BCUT2D eigenvalue weighted by Crippen LogP contribution is -2.25. The zero-order valence-electron chi connectivity index (χ0n) is 10.9. The van der Waals surface area contributed by atoms with Gasteiger partial charge in [0.1, 0.15) is 19.1 Å². The minimum Gasteiger partial charge on any atom is -0.479 e. The van der Waals surface area contributed by atoms with Crippen molar-refractivity contribution < 1.29 is 9.47 Å². The van der Waals surface area contributed by atoms with E-state index in [0.29, 0.717) is 5.75 Å². The van der Waals surface area contributed by atoms with E-state index in [9.17, 15) is 4.79 Å². The smallest absolute Gasteiger partial charge is 0.370 e. The highest BCUT2D eigenvalue weighted by atomic mass is 35.5. The normalized spacial score (nSPS) is 10.4. The van der Waals surface area contributed by atoms with E-state index in [1.54, 1.807) is 0 Å². The molecular weight excluding hydrogens is 319 g/mol. The van der Waals surface area contributed by atoms with Crippen LogP contribution in [0, 0.1) is 12.3 Å². The molecule has 1 heterocycles. The Labute approximate surface area is 130 Å². The second kappa shape index (κ2) is 6.63. The second-order valence-corrected chi connectivity index (χ2v) is 4.63. The lowest BCUT2D eigenvalue weighted by atomic mass is 10.3. The van der Waals surface area contributed by atoms with Gasteiger partial charge in [-0.05, 0) is 16.5 Å². The predicted molar refractivity (Wildman–Crippen MR) is 77.0 cm³/mol. The van der Waals surface area contributed by atoms with Gasteiger partial charge >= 0.3 is 5.69 Å². The number of benzene rings is 1. The number of halogens is 2. The molecule has 0 fully saturated rings. The molecule has 7 nitrogen and oxygen atoms in total. The van der Waals surface area contributed by atoms with E-state index >= 15 is 0 Å². The number of nitrogens with zero attached hydrogens (tertiary/aromatic N) is 4. The highest BCUT2D eigenvalue weighted by molar-refractivity contribution is 6.36. The molecule has 0 aliphatic heterocycles. The van der Waals surface area contributed by atoms with E-state index in [1.165, 1.54) is 19.2 Å². The van der Waals surface area contributed by atoms with Gasteiger partial charge in [-0.3, -0.25) is 0 Å². The summed E-state index contributed by atoms with van der Waals surface area (Å²) in [6.07, 6.45) is 5.13. The molecule has 0 bridgehead atoms. The molecule has 0 saturated heterocycles. The summed E-state index contributed by atoms with van der Waals surface area (Å²) < 4.78 is 12.2. The van der Waals surface area contributed by atoms with Crippen LogP contribution in [0.15, 0.2) is 16.9 Å². The van der Waals surface area contributed by atoms with Crippen molar-refractivity contribution in [3.63, 3.8) is 0 Å². The maximum atomic E-state index is 12.1. The molecule has 0 aliphatic rings. The fourth-order valence-corrected chi connectivity index (χ4v) is 2.06. The Kier molecular flexibility index (Phi) is 4.85. The molecule has 0 saturated carbocycles. The summed E-state index contributed by atoms with van der Waals surface area (Å²) in [5.74, 6) is 2.61. The third-order valence-corrected chi connectivity index (χ3v) is 3.03. The number of methoxy groups -OCH3 is 1. The van der Waals surface area contributed by atoms with Crippen LogP contribution in [0.1, 0.15) is 0 Å². The van der Waals surface area contributed by atoms with Gasteiger partial charge in [-0.15, -0.1) is 6.42 Å². The van der Waals surface area contributed by atoms with Crippen LogP contribution in [-0.2, 0) is 11.5 Å². The average molecular weight is 329 g/mol. The van der Waals surface area contributed by atoms with E-state index in [2.05, 4.69) is 16.3 Å². The monoisotopic (exact) mass is 328 g/mol. The molecule has 21 heavy (non-hydrogen) atoms. The summed E-state index contributed by atoms with van der Waals surface area (Å²) in [4.78, 5) is 12.1. The first kappa shape index (κ1) is 15.4. The van der Waals surface area contributed by atoms with Crippen molar-refractivity contribution in [2.24, 2.45) is 0 Å². The van der Waals surface area contributed by atoms with Crippen molar-refractivity contribution in [1.82, 2.24) is 19.8 Å². The molecule has 1 aromatic heterocycles. The van der Waals surface area contributed by atoms with Crippen LogP contribution in [0.5, 0.6) is 5.75 Å². The predicted octanol–water partition coefficient (Wildman–Crippen LogP) is 1.35. The van der Waals surface area contributed by atoms with Crippen LogP contribution in [0.4, 0.5) is 0 Å². The molecule has 0 aliphatic carbocycles. The van der Waals surface area contributed by atoms with Crippen molar-refractivity contribution in [2.45, 2.75) is 6.73 Å². The van der Waals surface area contributed by atoms with Gasteiger partial charge in [0, 0.05) is 13.2 Å². The van der Waals surface area contributed by atoms with Crippen molar-refractivity contribution in [1.29, 1.82) is 0 Å². The van der Waals surface area contributed by atoms with Gasteiger partial charge in [-0.2, -0.15) is 9.36 Å². The van der Waals surface area contributed by atoms with Gasteiger partial charge in [0.05, 0.1) is 15.7 Å². The highest BCUT2D eigenvalue weighted by Gasteiger charge is 2.15. The molecule has 9 heteroatoms. The zero-order chi connectivity index (χ0) is 15.4. The van der Waals surface area contributed by atoms with E-state index in [1.807, 2.05) is 0 Å². The van der Waals surface area contributed by atoms with Crippen LogP contribution in [0.3, 0.4) is 0 Å². The van der Waals surface area contributed by atoms with Gasteiger partial charge in [0.15, 0.2) is 0 Å². The van der Waals surface area contributed by atoms with Gasteiger partial charge in [0.25, 0.3) is 0 Å². The second-order valence-electron chi connectivity index (χ2n) is 3.82. The number of hydrogen-bond acceptors (Lipinski definition) is 5. The highest BCUT2D eigenvalue weighted by Crippen LogP contribution is 2.32. The molecule has 1 aromatic carbocycles. The average Bonchev–Trinajstić information content (AvgIpc) is 2.80. The first-order valence-electron chi connectivity index (χ1n) is 5.66. The molecule has 0 N–H and O–H groups in total. The van der Waals surface area contributed by atoms with Crippen LogP contribution < -0.4 is 10.4 Å². The van der Waals surface area contributed by atoms with E-state index in [-0.39, 0.29) is 29.1 Å². The zero-order valence-corrected chi connectivity index (χ0v) is 12.4. The Hall–Kier alpha value is -2.01. The summed E-state index contributed by atoms with van der Waals surface area (Å²) in [5, 5.41) is 7.89. The van der Waals surface area contributed by atoms with Crippen LogP contribution >= 0.6 is 23.2 Å².